The number of nitrogens with zero attached hydrogens (tertiary/aromatic N) is 2. The maximum absolute atomic E-state index is 12.6. The van der Waals surface area contributed by atoms with E-state index in [1.54, 1.807) is 0 Å². The van der Waals surface area contributed by atoms with E-state index in [0.717, 1.165) is 6.20 Å². The molecule has 0 bridgehead atoms. The molecule has 0 aliphatic carbocycles. The van der Waals surface area contributed by atoms with Gasteiger partial charge >= 0.3 is 16.2 Å². The molecule has 1 fully saturated rings. The number of carbonyl (C=O) groups excluding carboxylic acids is 1. The first-order chi connectivity index (χ1) is 9.26. The Morgan fingerprint density at radius 3 is 2.70 bits per heavy atom. The van der Waals surface area contributed by atoms with Crippen molar-refractivity contribution in [3.8, 4) is 0 Å². The molecule has 1 unspecified atom stereocenters. The van der Waals surface area contributed by atoms with Crippen LogP contribution >= 0.6 is 0 Å². The summed E-state index contributed by atoms with van der Waals surface area (Å²) in [4.78, 5) is 27.5. The highest BCUT2D eigenvalue weighted by Gasteiger charge is 2.34. The molecular formula is C11H11FN2O5S. The fraction of sp³-hybridized carbons (Fsp3) is 0.364. The first kappa shape index (κ1) is 14.4. The van der Waals surface area contributed by atoms with Gasteiger partial charge in [0.1, 0.15) is 5.82 Å². The fourth-order valence-corrected chi connectivity index (χ4v) is 2.85. The molecule has 20 heavy (non-hydrogen) atoms. The van der Waals surface area contributed by atoms with Crippen molar-refractivity contribution in [2.24, 2.45) is 5.92 Å². The zero-order chi connectivity index (χ0) is 14.9. The zero-order valence-corrected chi connectivity index (χ0v) is 11.0. The molecule has 7 nitrogen and oxygen atoms in total. The molecule has 0 aromatic carbocycles. The van der Waals surface area contributed by atoms with E-state index >= 15 is 0 Å². The summed E-state index contributed by atoms with van der Waals surface area (Å²) in [5.41, 5.74) is -0.0247. The summed E-state index contributed by atoms with van der Waals surface area (Å²) in [5.74, 6) is -2.62. The van der Waals surface area contributed by atoms with E-state index in [1.807, 2.05) is 0 Å². The highest BCUT2D eigenvalue weighted by Crippen LogP contribution is 2.24. The minimum absolute atomic E-state index is 0.0247. The Labute approximate surface area is 114 Å². The van der Waals surface area contributed by atoms with Gasteiger partial charge in [0, 0.05) is 25.1 Å². The number of aromatic carboxylic acids is 1. The van der Waals surface area contributed by atoms with Crippen molar-refractivity contribution in [2.45, 2.75) is 6.42 Å². The molecular weight excluding hydrogens is 291 g/mol. The molecule has 9 heteroatoms. The van der Waals surface area contributed by atoms with E-state index in [0.29, 0.717) is 0 Å². The van der Waals surface area contributed by atoms with E-state index in [2.05, 4.69) is 4.98 Å². The van der Waals surface area contributed by atoms with Crippen molar-refractivity contribution in [3.05, 3.63) is 23.9 Å². The minimum Gasteiger partial charge on any atom is -0.478 e. The van der Waals surface area contributed by atoms with Gasteiger partial charge in [-0.25, -0.2) is 9.78 Å². The molecule has 2 rings (SSSR count). The topological polar surface area (TPSA) is 105 Å². The zero-order valence-electron chi connectivity index (χ0n) is 10.2. The largest absolute Gasteiger partial charge is 0.478 e. The number of amides is 1. The van der Waals surface area contributed by atoms with Crippen molar-refractivity contribution in [2.75, 3.05) is 17.2 Å². The van der Waals surface area contributed by atoms with Gasteiger partial charge in [0.2, 0.25) is 5.91 Å². The van der Waals surface area contributed by atoms with Gasteiger partial charge in [0.15, 0.2) is 0 Å². The van der Waals surface area contributed by atoms with Crippen LogP contribution in [0.2, 0.25) is 0 Å². The minimum atomic E-state index is -4.63. The van der Waals surface area contributed by atoms with Gasteiger partial charge in [0.25, 0.3) is 0 Å². The second-order valence-electron chi connectivity index (χ2n) is 4.49. The van der Waals surface area contributed by atoms with Gasteiger partial charge in [-0.1, -0.05) is 0 Å². The summed E-state index contributed by atoms with van der Waals surface area (Å²) in [7, 11) is -4.63. The van der Waals surface area contributed by atoms with E-state index in [-0.39, 0.29) is 30.3 Å². The molecule has 1 saturated heterocycles. The quantitative estimate of drug-likeness (QED) is 0.809. The van der Waals surface area contributed by atoms with E-state index < -0.39 is 27.9 Å². The predicted molar refractivity (Wildman–Crippen MR) is 66.6 cm³/mol. The standard InChI is InChI=1S/C11H11FN2O5S/c12-20(18,19)6-7-3-10(15)14(5-7)9-2-1-8(4-13-9)11(16)17/h1-2,4,7H,3,5-6H2,(H,16,17). The number of carboxylic acid groups (broad SMARTS) is 1. The summed E-state index contributed by atoms with van der Waals surface area (Å²) in [5, 5.41) is 8.73. The van der Waals surface area contributed by atoms with Crippen LogP contribution in [0.25, 0.3) is 0 Å². The van der Waals surface area contributed by atoms with Crippen LogP contribution < -0.4 is 4.90 Å². The first-order valence-corrected chi connectivity index (χ1v) is 7.23. The van der Waals surface area contributed by atoms with E-state index in [9.17, 15) is 21.9 Å². The molecule has 108 valence electrons. The SMILES string of the molecule is O=C(O)c1ccc(N2CC(CS(=O)(=O)F)CC2=O)nc1. The number of anilines is 1. The van der Waals surface area contributed by atoms with Crippen LogP contribution in [0.5, 0.6) is 0 Å². The van der Waals surface area contributed by atoms with Crippen molar-refractivity contribution in [1.29, 1.82) is 0 Å². The number of pyridine rings is 1. The number of rotatable bonds is 4. The Balaban J connectivity index is 2.13. The van der Waals surface area contributed by atoms with Gasteiger partial charge in [-0.05, 0) is 12.1 Å². The van der Waals surface area contributed by atoms with E-state index in [1.165, 1.54) is 17.0 Å². The van der Waals surface area contributed by atoms with Crippen molar-refractivity contribution in [3.63, 3.8) is 0 Å². The van der Waals surface area contributed by atoms with Crippen LogP contribution in [-0.2, 0) is 15.0 Å². The number of carbonyl (C=O) groups is 2. The summed E-state index contributed by atoms with van der Waals surface area (Å²) in [6.45, 7) is 0.0431. The number of aromatic nitrogens is 1. The lowest BCUT2D eigenvalue weighted by atomic mass is 10.1. The molecule has 1 aliphatic rings. The fourth-order valence-electron chi connectivity index (χ4n) is 2.07. The number of halogens is 1. The van der Waals surface area contributed by atoms with Gasteiger partial charge < -0.3 is 5.11 Å². The molecule has 1 aliphatic heterocycles. The summed E-state index contributed by atoms with van der Waals surface area (Å²) in [6, 6.07) is 2.64. The van der Waals surface area contributed by atoms with Crippen molar-refractivity contribution in [1.82, 2.24) is 4.98 Å². The molecule has 1 amide bonds. The third-order valence-corrected chi connectivity index (χ3v) is 3.78. The smallest absolute Gasteiger partial charge is 0.337 e. The lowest BCUT2D eigenvalue weighted by Crippen LogP contribution is -2.26. The maximum atomic E-state index is 12.6. The Morgan fingerprint density at radius 1 is 1.50 bits per heavy atom. The highest BCUT2D eigenvalue weighted by atomic mass is 32.3. The van der Waals surface area contributed by atoms with Crippen LogP contribution in [0.3, 0.4) is 0 Å². The average molecular weight is 302 g/mol. The molecule has 1 aromatic heterocycles. The number of carboxylic acids is 1. The van der Waals surface area contributed by atoms with Crippen LogP contribution in [-0.4, -0.2) is 42.7 Å². The number of hydrogen-bond acceptors (Lipinski definition) is 5. The maximum Gasteiger partial charge on any atom is 0.337 e. The number of hydrogen-bond donors (Lipinski definition) is 1. The van der Waals surface area contributed by atoms with Crippen molar-refractivity contribution < 1.29 is 27.0 Å². The molecule has 1 aromatic rings. The molecule has 0 radical (unpaired) electrons. The second kappa shape index (κ2) is 5.16. The molecule has 1 atom stereocenters. The third kappa shape index (κ3) is 3.29. The molecule has 0 spiro atoms. The Hall–Kier alpha value is -2.03. The molecule has 0 saturated carbocycles. The lowest BCUT2D eigenvalue weighted by Gasteiger charge is -2.15. The normalized spacial score (nSPS) is 19.4. The van der Waals surface area contributed by atoms with Gasteiger partial charge in [-0.2, -0.15) is 8.42 Å². The Bertz CT molecular complexity index is 643. The van der Waals surface area contributed by atoms with Gasteiger partial charge in [0.05, 0.1) is 11.3 Å². The summed E-state index contributed by atoms with van der Waals surface area (Å²) < 4.78 is 33.8. The van der Waals surface area contributed by atoms with Gasteiger partial charge in [-0.15, -0.1) is 3.89 Å². The van der Waals surface area contributed by atoms with Crippen LogP contribution in [0.4, 0.5) is 9.70 Å². The lowest BCUT2D eigenvalue weighted by molar-refractivity contribution is -0.117. The first-order valence-electron chi connectivity index (χ1n) is 5.68. The highest BCUT2D eigenvalue weighted by molar-refractivity contribution is 7.86. The Kier molecular flexibility index (Phi) is 3.71. The summed E-state index contributed by atoms with van der Waals surface area (Å²) >= 11 is 0. The third-order valence-electron chi connectivity index (χ3n) is 2.91. The molecule has 2 heterocycles. The summed E-state index contributed by atoms with van der Waals surface area (Å²) in [6.07, 6.45) is 1.02. The van der Waals surface area contributed by atoms with Crippen LogP contribution in [0.1, 0.15) is 16.8 Å². The van der Waals surface area contributed by atoms with Crippen LogP contribution in [0, 0.1) is 5.92 Å². The average Bonchev–Trinajstić information content (AvgIpc) is 2.67. The van der Waals surface area contributed by atoms with Crippen LogP contribution in [0.15, 0.2) is 18.3 Å². The molecule has 1 N–H and O–H groups in total. The van der Waals surface area contributed by atoms with Crippen molar-refractivity contribution >= 4 is 27.9 Å². The van der Waals surface area contributed by atoms with Gasteiger partial charge in [-0.3, -0.25) is 9.69 Å². The predicted octanol–water partition coefficient (Wildman–Crippen LogP) is 0.432. The van der Waals surface area contributed by atoms with E-state index in [4.69, 9.17) is 5.11 Å². The second-order valence-corrected chi connectivity index (χ2v) is 5.90. The monoisotopic (exact) mass is 302 g/mol. The Morgan fingerprint density at radius 2 is 2.20 bits per heavy atom.